The third kappa shape index (κ3) is 4.74. The zero-order valence-electron chi connectivity index (χ0n) is 17.1. The maximum absolute atomic E-state index is 13.6. The van der Waals surface area contributed by atoms with Crippen LogP contribution in [-0.4, -0.2) is 55.5 Å². The van der Waals surface area contributed by atoms with E-state index in [9.17, 15) is 27.6 Å². The van der Waals surface area contributed by atoms with E-state index in [-0.39, 0.29) is 28.8 Å². The summed E-state index contributed by atoms with van der Waals surface area (Å²) in [6.07, 6.45) is -7.73. The molecule has 1 saturated heterocycles. The van der Waals surface area contributed by atoms with Crippen LogP contribution in [0.15, 0.2) is 4.79 Å². The van der Waals surface area contributed by atoms with Crippen LogP contribution >= 0.6 is 11.6 Å². The standard InChI is InChI=1S/C18H17ClF3N5O6/c1-4-5-26-11-13(19)24-16(23)25-14(11)27(17(26)30)15-10(31-7(2)28)6-9(33-15)12(18(20,21)22)32-8(3)29/h1,9-10,12,15H,5-6H2,2-3H3,(H2,23,24,25)/t9?,10?,12-,15?/m1/s1. The average molecular weight is 492 g/mol. The van der Waals surface area contributed by atoms with Gasteiger partial charge in [0.2, 0.25) is 12.1 Å². The summed E-state index contributed by atoms with van der Waals surface area (Å²) in [5.41, 5.74) is 4.50. The fourth-order valence-corrected chi connectivity index (χ4v) is 3.83. The van der Waals surface area contributed by atoms with Crippen LogP contribution in [0.25, 0.3) is 11.2 Å². The molecule has 33 heavy (non-hydrogen) atoms. The zero-order valence-corrected chi connectivity index (χ0v) is 17.9. The molecule has 2 aromatic rings. The predicted molar refractivity (Wildman–Crippen MR) is 106 cm³/mol. The molecule has 2 aromatic heterocycles. The molecule has 0 amide bonds. The highest BCUT2D eigenvalue weighted by atomic mass is 35.5. The molecule has 2 N–H and O–H groups in total. The van der Waals surface area contributed by atoms with E-state index in [0.29, 0.717) is 0 Å². The van der Waals surface area contributed by atoms with Gasteiger partial charge >= 0.3 is 23.8 Å². The van der Waals surface area contributed by atoms with Crippen LogP contribution in [-0.2, 0) is 30.3 Å². The number of fused-ring (bicyclic) bond motifs is 1. The van der Waals surface area contributed by atoms with Gasteiger partial charge in [0.1, 0.15) is 17.7 Å². The fourth-order valence-electron chi connectivity index (χ4n) is 3.56. The quantitative estimate of drug-likeness (QED) is 0.370. The third-order valence-corrected chi connectivity index (χ3v) is 4.91. The lowest BCUT2D eigenvalue weighted by Gasteiger charge is -2.25. The van der Waals surface area contributed by atoms with Crippen molar-refractivity contribution in [3.8, 4) is 12.3 Å². The Balaban J connectivity index is 2.18. The minimum absolute atomic E-state index is 0.0465. The second-order valence-corrected chi connectivity index (χ2v) is 7.37. The largest absolute Gasteiger partial charge is 0.458 e. The summed E-state index contributed by atoms with van der Waals surface area (Å²) in [6, 6.07) is 0. The van der Waals surface area contributed by atoms with Gasteiger partial charge < -0.3 is 19.9 Å². The molecule has 1 fully saturated rings. The van der Waals surface area contributed by atoms with Gasteiger partial charge in [-0.05, 0) is 0 Å². The number of nitrogens with two attached hydrogens (primary N) is 1. The van der Waals surface area contributed by atoms with Crippen molar-refractivity contribution < 1.29 is 37.0 Å². The van der Waals surface area contributed by atoms with E-state index in [2.05, 4.69) is 20.6 Å². The number of anilines is 1. The van der Waals surface area contributed by atoms with Gasteiger partial charge in [0.15, 0.2) is 17.0 Å². The number of nitrogens with zero attached hydrogens (tertiary/aromatic N) is 4. The van der Waals surface area contributed by atoms with Gasteiger partial charge in [-0.3, -0.25) is 14.2 Å². The molecule has 15 heteroatoms. The molecule has 0 spiro atoms. The number of alkyl halides is 3. The van der Waals surface area contributed by atoms with E-state index >= 15 is 0 Å². The average Bonchev–Trinajstić information content (AvgIpc) is 3.17. The van der Waals surface area contributed by atoms with Crippen molar-refractivity contribution in [2.24, 2.45) is 0 Å². The number of ether oxygens (including phenoxy) is 3. The Morgan fingerprint density at radius 3 is 2.58 bits per heavy atom. The van der Waals surface area contributed by atoms with Crippen LogP contribution in [0.3, 0.4) is 0 Å². The normalized spacial score (nSPS) is 21.5. The van der Waals surface area contributed by atoms with Gasteiger partial charge in [-0.15, -0.1) is 6.42 Å². The van der Waals surface area contributed by atoms with Crippen molar-refractivity contribution in [1.82, 2.24) is 19.1 Å². The molecule has 178 valence electrons. The molecule has 0 aliphatic carbocycles. The number of imidazole rings is 1. The Morgan fingerprint density at radius 1 is 1.36 bits per heavy atom. The third-order valence-electron chi connectivity index (χ3n) is 4.65. The van der Waals surface area contributed by atoms with Gasteiger partial charge in [-0.1, -0.05) is 17.5 Å². The van der Waals surface area contributed by atoms with Gasteiger partial charge in [0.05, 0.1) is 6.54 Å². The van der Waals surface area contributed by atoms with Gasteiger partial charge in [0, 0.05) is 20.3 Å². The van der Waals surface area contributed by atoms with E-state index in [1.807, 2.05) is 0 Å². The second kappa shape index (κ2) is 8.91. The summed E-state index contributed by atoms with van der Waals surface area (Å²) in [7, 11) is 0. The Bertz CT molecular complexity index is 1200. The van der Waals surface area contributed by atoms with Crippen molar-refractivity contribution in [2.75, 3.05) is 5.73 Å². The highest BCUT2D eigenvalue weighted by Crippen LogP contribution is 2.39. The molecule has 3 unspecified atom stereocenters. The topological polar surface area (TPSA) is 141 Å². The van der Waals surface area contributed by atoms with E-state index in [1.165, 1.54) is 0 Å². The summed E-state index contributed by atoms with van der Waals surface area (Å²) >= 11 is 6.11. The lowest BCUT2D eigenvalue weighted by Crippen LogP contribution is -2.43. The zero-order chi connectivity index (χ0) is 24.7. The number of rotatable bonds is 5. The van der Waals surface area contributed by atoms with Gasteiger partial charge in [-0.25, -0.2) is 9.36 Å². The second-order valence-electron chi connectivity index (χ2n) is 7.01. The van der Waals surface area contributed by atoms with Crippen molar-refractivity contribution in [1.29, 1.82) is 0 Å². The van der Waals surface area contributed by atoms with Gasteiger partial charge in [-0.2, -0.15) is 23.1 Å². The molecule has 3 rings (SSSR count). The minimum Gasteiger partial charge on any atom is -0.458 e. The van der Waals surface area contributed by atoms with Crippen molar-refractivity contribution in [3.05, 3.63) is 15.6 Å². The van der Waals surface area contributed by atoms with Crippen molar-refractivity contribution >= 4 is 40.7 Å². The molecule has 0 saturated carbocycles. The van der Waals surface area contributed by atoms with Crippen LogP contribution in [0.5, 0.6) is 0 Å². The summed E-state index contributed by atoms with van der Waals surface area (Å²) < 4.78 is 57.6. The predicted octanol–water partition coefficient (Wildman–Crippen LogP) is 1.17. The molecule has 1 aliphatic heterocycles. The first kappa shape index (κ1) is 24.3. The smallest absolute Gasteiger partial charge is 0.428 e. The maximum Gasteiger partial charge on any atom is 0.428 e. The summed E-state index contributed by atoms with van der Waals surface area (Å²) in [6.45, 7) is 1.54. The Morgan fingerprint density at radius 2 is 2.03 bits per heavy atom. The number of esters is 2. The number of hydrogen-bond donors (Lipinski definition) is 1. The van der Waals surface area contributed by atoms with Crippen LogP contribution in [0.4, 0.5) is 19.1 Å². The van der Waals surface area contributed by atoms with Gasteiger partial charge in [0.25, 0.3) is 0 Å². The summed E-state index contributed by atoms with van der Waals surface area (Å²) in [5.74, 6) is -0.150. The van der Waals surface area contributed by atoms with Crippen molar-refractivity contribution in [2.45, 2.75) is 57.5 Å². The van der Waals surface area contributed by atoms with Crippen LogP contribution in [0, 0.1) is 12.3 Å². The van der Waals surface area contributed by atoms with E-state index in [4.69, 9.17) is 33.2 Å². The first-order chi connectivity index (χ1) is 15.3. The van der Waals surface area contributed by atoms with Crippen molar-refractivity contribution in [3.63, 3.8) is 0 Å². The lowest BCUT2D eigenvalue weighted by atomic mass is 10.1. The minimum atomic E-state index is -5.01. The Hall–Kier alpha value is -3.31. The van der Waals surface area contributed by atoms with E-state index in [1.54, 1.807) is 0 Å². The lowest BCUT2D eigenvalue weighted by molar-refractivity contribution is -0.248. The molecule has 0 bridgehead atoms. The molecule has 1 aliphatic rings. The first-order valence-corrected chi connectivity index (χ1v) is 9.66. The fraction of sp³-hybridized carbons (Fsp3) is 0.500. The van der Waals surface area contributed by atoms with Crippen LogP contribution in [0.2, 0.25) is 5.15 Å². The Labute approximate surface area is 188 Å². The highest BCUT2D eigenvalue weighted by Gasteiger charge is 2.54. The monoisotopic (exact) mass is 491 g/mol. The molecule has 4 atom stereocenters. The Kier molecular flexibility index (Phi) is 6.57. The van der Waals surface area contributed by atoms with E-state index < -0.39 is 54.8 Å². The molecular formula is C18H17ClF3N5O6. The molecule has 0 aromatic carbocycles. The summed E-state index contributed by atoms with van der Waals surface area (Å²) in [5, 5.41) is -0.240. The highest BCUT2D eigenvalue weighted by molar-refractivity contribution is 6.33. The number of carbonyl (C=O) groups excluding carboxylic acids is 2. The molecular weight excluding hydrogens is 475 g/mol. The maximum atomic E-state index is 13.6. The summed E-state index contributed by atoms with van der Waals surface area (Å²) in [4.78, 5) is 43.7. The van der Waals surface area contributed by atoms with Crippen LogP contribution in [0.1, 0.15) is 26.5 Å². The molecule has 3 heterocycles. The number of halogens is 4. The number of terminal acetylenes is 1. The van der Waals surface area contributed by atoms with E-state index in [0.717, 1.165) is 23.0 Å². The number of aromatic nitrogens is 4. The SMILES string of the molecule is C#CCn1c(=O)n(C2OC([C@@H](OC(C)=O)C(F)(F)F)CC2OC(C)=O)c2nc(N)nc(Cl)c21. The van der Waals surface area contributed by atoms with Crippen LogP contribution < -0.4 is 11.4 Å². The number of hydrogen-bond acceptors (Lipinski definition) is 9. The number of nitrogen functional groups attached to an aromatic ring is 1. The first-order valence-electron chi connectivity index (χ1n) is 9.29. The molecule has 11 nitrogen and oxygen atoms in total. The molecule has 0 radical (unpaired) electrons. The number of carbonyl (C=O) groups is 2.